The van der Waals surface area contributed by atoms with Gasteiger partial charge in [-0.05, 0) is 96.5 Å². The molecule has 1 aliphatic rings. The van der Waals surface area contributed by atoms with Crippen LogP contribution in [-0.4, -0.2) is 34.9 Å². The lowest BCUT2D eigenvalue weighted by Crippen LogP contribution is -2.66. The van der Waals surface area contributed by atoms with Crippen LogP contribution in [0.5, 0.6) is 11.5 Å². The van der Waals surface area contributed by atoms with E-state index in [0.717, 1.165) is 0 Å². The van der Waals surface area contributed by atoms with E-state index in [1.807, 2.05) is 18.2 Å². The van der Waals surface area contributed by atoms with Crippen LogP contribution in [0.15, 0.2) is 133 Å². The van der Waals surface area contributed by atoms with Crippen LogP contribution in [-0.2, 0) is 22.7 Å². The van der Waals surface area contributed by atoms with Crippen LogP contribution in [0.3, 0.4) is 0 Å². The van der Waals surface area contributed by atoms with Crippen molar-refractivity contribution in [1.29, 1.82) is 0 Å². The molecule has 1 heterocycles. The molecule has 0 fully saturated rings. The highest BCUT2D eigenvalue weighted by molar-refractivity contribution is 7.49. The van der Waals surface area contributed by atoms with Crippen LogP contribution in [0.25, 0.3) is 0 Å². The second kappa shape index (κ2) is 17.0. The molecule has 0 aromatic heterocycles. The van der Waals surface area contributed by atoms with Crippen molar-refractivity contribution >= 4 is 34.8 Å². The Balaban J connectivity index is 1.43. The minimum atomic E-state index is -4.27. The molecule has 7 nitrogen and oxygen atoms in total. The van der Waals surface area contributed by atoms with Gasteiger partial charge in [0, 0.05) is 6.61 Å². The largest absolute Gasteiger partial charge is 0.649 e. The highest BCUT2D eigenvalue weighted by Gasteiger charge is 2.51. The van der Waals surface area contributed by atoms with E-state index in [4.69, 9.17) is 27.2 Å². The Morgan fingerprint density at radius 3 is 1.61 bits per heavy atom. The van der Waals surface area contributed by atoms with Gasteiger partial charge in [-0.15, -0.1) is 0 Å². The monoisotopic (exact) mass is 786 g/mol. The second-order valence-electron chi connectivity index (χ2n) is 16.8. The van der Waals surface area contributed by atoms with E-state index in [2.05, 4.69) is 122 Å². The molecule has 1 aliphatic heterocycles. The highest BCUT2D eigenvalue weighted by Crippen LogP contribution is 2.53. The minimum absolute atomic E-state index is 0.0191. The van der Waals surface area contributed by atoms with Gasteiger partial charge >= 0.3 is 7.82 Å². The first-order valence-corrected chi connectivity index (χ1v) is 25.4. The summed E-state index contributed by atoms with van der Waals surface area (Å²) in [7, 11) is -9.27. The summed E-state index contributed by atoms with van der Waals surface area (Å²) in [5.74, 6) is 0.814. The van der Waals surface area contributed by atoms with E-state index < -0.39 is 36.2 Å². The summed E-state index contributed by atoms with van der Waals surface area (Å²) in [6.07, 6.45) is 4.00. The zero-order valence-corrected chi connectivity index (χ0v) is 36.4. The molecule has 10 heteroatoms. The molecule has 0 spiro atoms. The minimum Gasteiger partial charge on any atom is -0.459 e. The summed E-state index contributed by atoms with van der Waals surface area (Å²) in [5, 5.41) is 2.32. The van der Waals surface area contributed by atoms with Crippen LogP contribution in [0.1, 0.15) is 74.1 Å². The smallest absolute Gasteiger partial charge is 0.459 e. The van der Waals surface area contributed by atoms with Crippen molar-refractivity contribution in [1.82, 2.24) is 0 Å². The highest BCUT2D eigenvalue weighted by atomic mass is 31.2. The molecule has 0 bridgehead atoms. The Morgan fingerprint density at radius 2 is 1.17 bits per heavy atom. The van der Waals surface area contributed by atoms with Crippen LogP contribution in [0.4, 0.5) is 0 Å². The van der Waals surface area contributed by atoms with Crippen LogP contribution >= 0.6 is 7.82 Å². The fraction of sp³-hybridized carbons (Fsp3) is 0.409. The molecule has 5 rings (SSSR count). The first-order chi connectivity index (χ1) is 25.5. The topological polar surface area (TPSA) is 72.5 Å². The van der Waals surface area contributed by atoms with Crippen molar-refractivity contribution in [2.45, 2.75) is 109 Å². The molecule has 0 saturated carbocycles. The lowest BCUT2D eigenvalue weighted by Gasteiger charge is -2.47. The summed E-state index contributed by atoms with van der Waals surface area (Å²) >= 11 is 0. The number of rotatable bonds is 15. The first-order valence-electron chi connectivity index (χ1n) is 19.1. The number of hydrogen-bond donors (Lipinski definition) is 0. The molecule has 290 valence electrons. The Kier molecular flexibility index (Phi) is 13.1. The fourth-order valence-corrected chi connectivity index (χ4v) is 14.4. The molecule has 0 aliphatic carbocycles. The van der Waals surface area contributed by atoms with E-state index in [0.29, 0.717) is 43.8 Å². The van der Waals surface area contributed by atoms with Gasteiger partial charge in [-0.25, -0.2) is 0 Å². The molecule has 0 radical (unpaired) electrons. The van der Waals surface area contributed by atoms with Gasteiger partial charge in [-0.2, -0.15) is 4.57 Å². The van der Waals surface area contributed by atoms with Crippen molar-refractivity contribution in [2.75, 3.05) is 6.61 Å². The van der Waals surface area contributed by atoms with Crippen molar-refractivity contribution in [2.24, 2.45) is 0 Å². The average Bonchev–Trinajstić information content (AvgIpc) is 3.25. The molecule has 4 aromatic carbocycles. The Bertz CT molecular complexity index is 1760. The quantitative estimate of drug-likeness (QED) is 0.0675. The van der Waals surface area contributed by atoms with Crippen molar-refractivity contribution < 1.29 is 31.7 Å². The van der Waals surface area contributed by atoms with E-state index in [1.165, 1.54) is 10.4 Å². The van der Waals surface area contributed by atoms with Gasteiger partial charge in [-0.1, -0.05) is 139 Å². The number of allylic oxidation sites excluding steroid dienone is 1. The van der Waals surface area contributed by atoms with Gasteiger partial charge in [-0.3, -0.25) is 0 Å². The number of phosphoric acid groups is 1. The Morgan fingerprint density at radius 1 is 0.704 bits per heavy atom. The maximum atomic E-state index is 14.5. The molecule has 0 unspecified atom stereocenters. The van der Waals surface area contributed by atoms with E-state index >= 15 is 0 Å². The maximum Gasteiger partial charge on any atom is 0.649 e. The Hall–Kier alpha value is -3.60. The second-order valence-corrected chi connectivity index (χ2v) is 27.3. The SMILES string of the molecule is CC(C)(C)[Si](C)(C)O[C@@]1(C)CCC=C(OP(=O)(Oc2ccccc2)Oc2ccccc2)O[C@@H]1CCCO[Si](c1ccccc1)(c1ccccc1)C(C)(C)C. The molecule has 2 atom stereocenters. The van der Waals surface area contributed by atoms with Crippen LogP contribution in [0, 0.1) is 0 Å². The van der Waals surface area contributed by atoms with Gasteiger partial charge in [0.15, 0.2) is 8.32 Å². The van der Waals surface area contributed by atoms with Gasteiger partial charge in [0.2, 0.25) is 0 Å². The predicted molar refractivity (Wildman–Crippen MR) is 225 cm³/mol. The molecule has 54 heavy (non-hydrogen) atoms. The van der Waals surface area contributed by atoms with E-state index in [1.54, 1.807) is 48.5 Å². The zero-order chi connectivity index (χ0) is 39.1. The molecular weight excluding hydrogens is 728 g/mol. The molecule has 0 N–H and O–H groups in total. The first kappa shape index (κ1) is 41.6. The standard InChI is InChI=1S/C44H59O7PSi2/c1-42(2,3)53(8,9)51-44(7)34-22-33-41(50-52(45,48-36-24-14-10-15-25-36)49-37-26-16-11-17-27-37)47-40(44)32-23-35-46-54(43(4,5)6,38-28-18-12-19-29-38)39-30-20-13-21-31-39/h10-21,24-31,33,40H,22-23,32,34-35H2,1-9H3/t40-,44+/m1/s1. The lowest BCUT2D eigenvalue weighted by molar-refractivity contribution is -0.0912. The zero-order valence-electron chi connectivity index (χ0n) is 33.5. The van der Waals surface area contributed by atoms with E-state index in [9.17, 15) is 4.57 Å². The van der Waals surface area contributed by atoms with Crippen molar-refractivity contribution in [3.63, 3.8) is 0 Å². The average molecular weight is 787 g/mol. The van der Waals surface area contributed by atoms with Gasteiger partial charge in [0.25, 0.3) is 14.3 Å². The fourth-order valence-electron chi connectivity index (χ4n) is 6.87. The number of benzene rings is 4. The van der Waals surface area contributed by atoms with E-state index in [-0.39, 0.29) is 16.0 Å². The lowest BCUT2D eigenvalue weighted by atomic mass is 9.91. The molecule has 0 amide bonds. The predicted octanol–water partition coefficient (Wildman–Crippen LogP) is 11.4. The van der Waals surface area contributed by atoms with Gasteiger partial charge in [0.05, 0.1) is 5.60 Å². The maximum absolute atomic E-state index is 14.5. The number of para-hydroxylation sites is 2. The summed E-state index contributed by atoms with van der Waals surface area (Å²) in [6.45, 7) is 20.8. The summed E-state index contributed by atoms with van der Waals surface area (Å²) in [5.41, 5.74) is -0.660. The normalized spacial score (nSPS) is 18.5. The summed E-state index contributed by atoms with van der Waals surface area (Å²) in [4.78, 5) is 0. The van der Waals surface area contributed by atoms with Crippen LogP contribution in [0.2, 0.25) is 23.2 Å². The Labute approximate surface area is 325 Å². The molecule has 0 saturated heterocycles. The molecule has 4 aromatic rings. The van der Waals surface area contributed by atoms with Crippen LogP contribution < -0.4 is 19.4 Å². The summed E-state index contributed by atoms with van der Waals surface area (Å²) in [6, 6.07) is 39.2. The van der Waals surface area contributed by atoms with Crippen molar-refractivity contribution in [3.8, 4) is 11.5 Å². The third kappa shape index (κ3) is 9.98. The number of ether oxygens (including phenoxy) is 1. The third-order valence-corrected chi connectivity index (χ3v) is 21.6. The summed E-state index contributed by atoms with van der Waals surface area (Å²) < 4.78 is 53.9. The number of phosphoric ester groups is 1. The van der Waals surface area contributed by atoms with Crippen molar-refractivity contribution in [3.05, 3.63) is 133 Å². The number of hydrogen-bond acceptors (Lipinski definition) is 7. The molecular formula is C44H59O7PSi2. The third-order valence-electron chi connectivity index (χ3n) is 10.7. The van der Waals surface area contributed by atoms with Gasteiger partial charge in [0.1, 0.15) is 17.6 Å². The van der Waals surface area contributed by atoms with Gasteiger partial charge < -0.3 is 27.2 Å².